The second-order valence-corrected chi connectivity index (χ2v) is 10.1. The van der Waals surface area contributed by atoms with E-state index in [1.807, 2.05) is 13.0 Å². The summed E-state index contributed by atoms with van der Waals surface area (Å²) in [6, 6.07) is 9.71. The predicted molar refractivity (Wildman–Crippen MR) is 126 cm³/mol. The second kappa shape index (κ2) is 9.86. The number of amides is 1. The highest BCUT2D eigenvalue weighted by Crippen LogP contribution is 2.30. The Morgan fingerprint density at radius 3 is 2.79 bits per heavy atom. The van der Waals surface area contributed by atoms with Crippen LogP contribution in [0.1, 0.15) is 35.4 Å². The van der Waals surface area contributed by atoms with Crippen LogP contribution in [-0.4, -0.2) is 41.9 Å². The fourth-order valence-corrected chi connectivity index (χ4v) is 5.69. The van der Waals surface area contributed by atoms with E-state index in [4.69, 9.17) is 4.52 Å². The van der Waals surface area contributed by atoms with Gasteiger partial charge in [-0.2, -0.15) is 4.31 Å². The third-order valence-electron chi connectivity index (χ3n) is 5.67. The van der Waals surface area contributed by atoms with Gasteiger partial charge in [0.15, 0.2) is 10.7 Å². The summed E-state index contributed by atoms with van der Waals surface area (Å²) in [5, 5.41) is 6.59. The Morgan fingerprint density at radius 2 is 2.03 bits per heavy atom. The first kappa shape index (κ1) is 23.8. The van der Waals surface area contributed by atoms with Crippen LogP contribution in [0.4, 0.5) is 10.2 Å². The van der Waals surface area contributed by atoms with Crippen LogP contribution in [0.2, 0.25) is 0 Å². The first-order valence-corrected chi connectivity index (χ1v) is 12.3. The molecule has 1 atom stereocenters. The molecule has 1 N–H and O–H groups in total. The van der Waals surface area contributed by atoms with Gasteiger partial charge >= 0.3 is 0 Å². The average molecular weight is 485 g/mol. The molecule has 0 saturated carbocycles. The van der Waals surface area contributed by atoms with Gasteiger partial charge in [-0.3, -0.25) is 4.79 Å². The van der Waals surface area contributed by atoms with Gasteiger partial charge in [0.05, 0.1) is 5.92 Å². The fourth-order valence-electron chi connectivity index (χ4n) is 3.91. The number of anilines is 1. The number of carbonyl (C=O) groups is 1. The summed E-state index contributed by atoms with van der Waals surface area (Å²) in [5.74, 6) is -0.799. The molecule has 3 heterocycles. The quantitative estimate of drug-likeness (QED) is 0.566. The monoisotopic (exact) mass is 484 g/mol. The standard InChI is InChI=1S/C24H25FN4O4S/c1-16-11-12-26-22(14-16)27-24(30)19-7-5-13-29(15-19)34(31,32)23-17(2)28-33-21(23)10-9-18-6-3-4-8-20(18)25/h3-4,6,8-12,14,19H,5,7,13,15H2,1-2H3,(H,26,27,30)/b10-9+. The van der Waals surface area contributed by atoms with Crippen LogP contribution in [0.15, 0.2) is 52.0 Å². The largest absolute Gasteiger partial charge is 0.355 e. The van der Waals surface area contributed by atoms with Crippen LogP contribution in [0.25, 0.3) is 12.2 Å². The van der Waals surface area contributed by atoms with Crippen molar-refractivity contribution in [2.75, 3.05) is 18.4 Å². The molecule has 8 nitrogen and oxygen atoms in total. The fraction of sp³-hybridized carbons (Fsp3) is 0.292. The number of sulfonamides is 1. The number of aromatic nitrogens is 2. The molecular formula is C24H25FN4O4S. The molecule has 1 aromatic carbocycles. The van der Waals surface area contributed by atoms with Crippen molar-refractivity contribution in [3.05, 3.63) is 71.0 Å². The van der Waals surface area contributed by atoms with Gasteiger partial charge in [0.25, 0.3) is 0 Å². The number of carbonyl (C=O) groups excluding carboxylic acids is 1. The zero-order valence-corrected chi connectivity index (χ0v) is 19.7. The SMILES string of the molecule is Cc1ccnc(NC(=O)C2CCCN(S(=O)(=O)c3c(C)noc3/C=C/c3ccccc3F)C2)c1. The van der Waals surface area contributed by atoms with Crippen LogP contribution in [0.3, 0.4) is 0 Å². The number of hydrogen-bond acceptors (Lipinski definition) is 6. The molecule has 4 rings (SSSR count). The number of rotatable bonds is 6. The van der Waals surface area contributed by atoms with Gasteiger partial charge in [0, 0.05) is 24.8 Å². The number of benzene rings is 1. The number of halogens is 1. The predicted octanol–water partition coefficient (Wildman–Crippen LogP) is 4.04. The second-order valence-electron chi connectivity index (χ2n) is 8.23. The first-order valence-electron chi connectivity index (χ1n) is 10.9. The van der Waals surface area contributed by atoms with Crippen molar-refractivity contribution < 1.29 is 22.1 Å². The third kappa shape index (κ3) is 5.07. The first-order chi connectivity index (χ1) is 16.3. The average Bonchev–Trinajstić information content (AvgIpc) is 3.19. The molecular weight excluding hydrogens is 459 g/mol. The maximum absolute atomic E-state index is 14.0. The van der Waals surface area contributed by atoms with Gasteiger partial charge in [-0.25, -0.2) is 17.8 Å². The molecule has 1 saturated heterocycles. The van der Waals surface area contributed by atoms with Crippen molar-refractivity contribution in [1.82, 2.24) is 14.4 Å². The summed E-state index contributed by atoms with van der Waals surface area (Å²) in [6.07, 6.45) is 5.53. The van der Waals surface area contributed by atoms with Gasteiger partial charge < -0.3 is 9.84 Å². The lowest BCUT2D eigenvalue weighted by atomic mass is 9.99. The van der Waals surface area contributed by atoms with E-state index in [9.17, 15) is 17.6 Å². The van der Waals surface area contributed by atoms with Crippen molar-refractivity contribution in [1.29, 1.82) is 0 Å². The lowest BCUT2D eigenvalue weighted by molar-refractivity contribution is -0.120. The van der Waals surface area contributed by atoms with E-state index in [1.165, 1.54) is 29.4 Å². The lowest BCUT2D eigenvalue weighted by Gasteiger charge is -2.31. The molecule has 2 aromatic heterocycles. The maximum Gasteiger partial charge on any atom is 0.248 e. The topological polar surface area (TPSA) is 105 Å². The molecule has 1 fully saturated rings. The highest BCUT2D eigenvalue weighted by Gasteiger charge is 2.37. The summed E-state index contributed by atoms with van der Waals surface area (Å²) in [6.45, 7) is 3.73. The van der Waals surface area contributed by atoms with Crippen LogP contribution >= 0.6 is 0 Å². The normalized spacial score (nSPS) is 17.2. The lowest BCUT2D eigenvalue weighted by Crippen LogP contribution is -2.44. The minimum absolute atomic E-state index is 0.0105. The van der Waals surface area contributed by atoms with E-state index >= 15 is 0 Å². The number of nitrogens with one attached hydrogen (secondary N) is 1. The molecule has 0 aliphatic carbocycles. The van der Waals surface area contributed by atoms with E-state index in [0.717, 1.165) is 5.56 Å². The Balaban J connectivity index is 1.54. The van der Waals surface area contributed by atoms with Crippen LogP contribution < -0.4 is 5.32 Å². The summed E-state index contributed by atoms with van der Waals surface area (Å²) in [4.78, 5) is 16.9. The molecule has 10 heteroatoms. The number of nitrogens with zero attached hydrogens (tertiary/aromatic N) is 3. The van der Waals surface area contributed by atoms with Gasteiger partial charge in [0.1, 0.15) is 17.3 Å². The third-order valence-corrected chi connectivity index (χ3v) is 7.70. The van der Waals surface area contributed by atoms with Crippen molar-refractivity contribution >= 4 is 33.9 Å². The summed E-state index contributed by atoms with van der Waals surface area (Å²) >= 11 is 0. The Hall–Kier alpha value is -3.37. The van der Waals surface area contributed by atoms with Crippen LogP contribution in [-0.2, 0) is 14.8 Å². The van der Waals surface area contributed by atoms with Gasteiger partial charge in [-0.05, 0) is 62.6 Å². The van der Waals surface area contributed by atoms with E-state index in [-0.39, 0.29) is 35.3 Å². The van der Waals surface area contributed by atoms with Crippen molar-refractivity contribution in [3.8, 4) is 0 Å². The Labute approximate surface area is 197 Å². The molecule has 1 amide bonds. The number of piperidine rings is 1. The molecule has 0 spiro atoms. The van der Waals surface area contributed by atoms with Crippen LogP contribution in [0, 0.1) is 25.6 Å². The molecule has 1 unspecified atom stereocenters. The number of hydrogen-bond donors (Lipinski definition) is 1. The van der Waals surface area contributed by atoms with E-state index < -0.39 is 21.8 Å². The van der Waals surface area contributed by atoms with Crippen molar-refractivity contribution in [2.45, 2.75) is 31.6 Å². The minimum Gasteiger partial charge on any atom is -0.355 e. The minimum atomic E-state index is -4.00. The molecule has 34 heavy (non-hydrogen) atoms. The Bertz CT molecular complexity index is 1340. The number of pyridine rings is 1. The molecule has 3 aromatic rings. The van der Waals surface area contributed by atoms with E-state index in [0.29, 0.717) is 24.2 Å². The van der Waals surface area contributed by atoms with Crippen LogP contribution in [0.5, 0.6) is 0 Å². The van der Waals surface area contributed by atoms with Crippen molar-refractivity contribution in [3.63, 3.8) is 0 Å². The number of aryl methyl sites for hydroxylation is 2. The van der Waals surface area contributed by atoms with E-state index in [2.05, 4.69) is 15.5 Å². The molecule has 0 radical (unpaired) electrons. The molecule has 178 valence electrons. The molecule has 0 bridgehead atoms. The highest BCUT2D eigenvalue weighted by molar-refractivity contribution is 7.89. The zero-order chi connectivity index (χ0) is 24.3. The zero-order valence-electron chi connectivity index (χ0n) is 18.9. The Morgan fingerprint density at radius 1 is 1.24 bits per heavy atom. The van der Waals surface area contributed by atoms with E-state index in [1.54, 1.807) is 30.5 Å². The smallest absolute Gasteiger partial charge is 0.248 e. The maximum atomic E-state index is 14.0. The molecule has 1 aliphatic heterocycles. The Kier molecular flexibility index (Phi) is 6.90. The van der Waals surface area contributed by atoms with Crippen molar-refractivity contribution in [2.24, 2.45) is 5.92 Å². The van der Waals surface area contributed by atoms with Gasteiger partial charge in [0.2, 0.25) is 15.9 Å². The molecule has 1 aliphatic rings. The highest BCUT2D eigenvalue weighted by atomic mass is 32.2. The van der Waals surface area contributed by atoms with Gasteiger partial charge in [-0.1, -0.05) is 23.4 Å². The summed E-state index contributed by atoms with van der Waals surface area (Å²) in [5.41, 5.74) is 1.44. The summed E-state index contributed by atoms with van der Waals surface area (Å²) in [7, 11) is -4.00. The summed E-state index contributed by atoms with van der Waals surface area (Å²) < 4.78 is 47.5. The van der Waals surface area contributed by atoms with Gasteiger partial charge in [-0.15, -0.1) is 0 Å².